The van der Waals surface area contributed by atoms with E-state index in [9.17, 15) is 10.1 Å². The van der Waals surface area contributed by atoms with Gasteiger partial charge >= 0.3 is 5.69 Å². The van der Waals surface area contributed by atoms with Crippen LogP contribution in [0.1, 0.15) is 0 Å². The van der Waals surface area contributed by atoms with Gasteiger partial charge in [-0.25, -0.2) is 4.98 Å². The fourth-order valence-corrected chi connectivity index (χ4v) is 2.54. The molecule has 0 unspecified atom stereocenters. The minimum atomic E-state index is -0.506. The van der Waals surface area contributed by atoms with Crippen LogP contribution in [0.5, 0.6) is 17.2 Å². The summed E-state index contributed by atoms with van der Waals surface area (Å²) in [5, 5.41) is 18.1. The molecule has 9 nitrogen and oxygen atoms in total. The van der Waals surface area contributed by atoms with Crippen molar-refractivity contribution in [1.29, 1.82) is 0 Å². The van der Waals surface area contributed by atoms with Crippen molar-refractivity contribution < 1.29 is 19.1 Å². The molecule has 0 saturated carbocycles. The van der Waals surface area contributed by atoms with E-state index in [4.69, 9.17) is 14.2 Å². The van der Waals surface area contributed by atoms with E-state index in [0.29, 0.717) is 28.7 Å². The lowest BCUT2D eigenvalue weighted by Crippen LogP contribution is -1.94. The molecule has 0 fully saturated rings. The highest BCUT2D eigenvalue weighted by molar-refractivity contribution is 5.67. The maximum Gasteiger partial charge on any atom is 0.311 e. The number of aromatic nitrogens is 3. The minimum absolute atomic E-state index is 0.144. The number of nitro benzene ring substituents is 1. The molecule has 0 amide bonds. The summed E-state index contributed by atoms with van der Waals surface area (Å²) in [5.41, 5.74) is 1.14. The molecule has 1 aliphatic rings. The number of nitro groups is 1. The number of nitrogens with one attached hydrogen (secondary N) is 1. The van der Waals surface area contributed by atoms with Crippen molar-refractivity contribution in [2.24, 2.45) is 0 Å². The lowest BCUT2D eigenvalue weighted by Gasteiger charge is -2.02. The maximum atomic E-state index is 11.2. The number of nitrogens with zero attached hydrogens (tertiary/aromatic N) is 3. The Morgan fingerprint density at radius 1 is 1.16 bits per heavy atom. The molecule has 0 bridgehead atoms. The van der Waals surface area contributed by atoms with E-state index in [1.54, 1.807) is 18.2 Å². The van der Waals surface area contributed by atoms with Crippen molar-refractivity contribution in [1.82, 2.24) is 15.2 Å². The first kappa shape index (κ1) is 14.9. The predicted octanol–water partition coefficient (Wildman–Crippen LogP) is 2.78. The Bertz CT molecular complexity index is 969. The Hall–Kier alpha value is -3.62. The van der Waals surface area contributed by atoms with E-state index in [1.807, 2.05) is 6.07 Å². The molecule has 4 rings (SSSR count). The number of methoxy groups -OCH3 is 1. The molecule has 2 aromatic carbocycles. The molecule has 25 heavy (non-hydrogen) atoms. The topological polar surface area (TPSA) is 112 Å². The van der Waals surface area contributed by atoms with Gasteiger partial charge in [-0.1, -0.05) is 0 Å². The zero-order valence-corrected chi connectivity index (χ0v) is 13.1. The van der Waals surface area contributed by atoms with Crippen molar-refractivity contribution in [2.75, 3.05) is 13.9 Å². The summed E-state index contributed by atoms with van der Waals surface area (Å²) >= 11 is 0. The van der Waals surface area contributed by atoms with E-state index in [-0.39, 0.29) is 18.2 Å². The Labute approximate surface area is 141 Å². The summed E-state index contributed by atoms with van der Waals surface area (Å²) in [4.78, 5) is 15.0. The van der Waals surface area contributed by atoms with Crippen LogP contribution in [0.2, 0.25) is 0 Å². The molecule has 0 saturated heterocycles. The highest BCUT2D eigenvalue weighted by Gasteiger charge is 2.19. The molecule has 9 heteroatoms. The van der Waals surface area contributed by atoms with Crippen molar-refractivity contribution in [3.8, 4) is 40.0 Å². The molecule has 1 aliphatic heterocycles. The molecule has 3 aromatic rings. The molecule has 0 spiro atoms. The van der Waals surface area contributed by atoms with Gasteiger partial charge in [0.05, 0.1) is 12.0 Å². The summed E-state index contributed by atoms with van der Waals surface area (Å²) in [7, 11) is 1.38. The van der Waals surface area contributed by atoms with Crippen LogP contribution in [0.25, 0.3) is 22.8 Å². The SMILES string of the molecule is COc1ccc(-c2n[nH]c(-c3ccc4c(c3)OCO4)n2)cc1[N+](=O)[O-]. The number of aromatic amines is 1. The van der Waals surface area contributed by atoms with Crippen LogP contribution in [-0.2, 0) is 0 Å². The standard InChI is InChI=1S/C16H12N4O5/c1-23-12-4-2-9(6-11(12)20(21)22)15-17-16(19-18-15)10-3-5-13-14(7-10)25-8-24-13/h2-7H,8H2,1H3,(H,17,18,19). The molecule has 0 radical (unpaired) electrons. The van der Waals surface area contributed by atoms with E-state index >= 15 is 0 Å². The summed E-state index contributed by atoms with van der Waals surface area (Å²) in [6.45, 7) is 0.190. The van der Waals surface area contributed by atoms with Crippen molar-refractivity contribution in [3.05, 3.63) is 46.5 Å². The second-order valence-electron chi connectivity index (χ2n) is 5.22. The second-order valence-corrected chi connectivity index (χ2v) is 5.22. The summed E-state index contributed by atoms with van der Waals surface area (Å²) in [6.07, 6.45) is 0. The Morgan fingerprint density at radius 2 is 1.96 bits per heavy atom. The smallest absolute Gasteiger partial charge is 0.311 e. The van der Waals surface area contributed by atoms with E-state index < -0.39 is 4.92 Å². The van der Waals surface area contributed by atoms with Crippen molar-refractivity contribution in [3.63, 3.8) is 0 Å². The van der Waals surface area contributed by atoms with Gasteiger partial charge in [-0.2, -0.15) is 5.10 Å². The van der Waals surface area contributed by atoms with Crippen molar-refractivity contribution in [2.45, 2.75) is 0 Å². The van der Waals surface area contributed by atoms with E-state index in [1.165, 1.54) is 19.2 Å². The highest BCUT2D eigenvalue weighted by Crippen LogP contribution is 2.36. The quantitative estimate of drug-likeness (QED) is 0.574. The van der Waals surface area contributed by atoms with Crippen LogP contribution in [-0.4, -0.2) is 34.0 Å². The average Bonchev–Trinajstić information content (AvgIpc) is 3.29. The van der Waals surface area contributed by atoms with E-state index in [2.05, 4.69) is 15.2 Å². The summed E-state index contributed by atoms with van der Waals surface area (Å²) in [5.74, 6) is 2.36. The summed E-state index contributed by atoms with van der Waals surface area (Å²) < 4.78 is 15.6. The van der Waals surface area contributed by atoms with Gasteiger partial charge in [-0.15, -0.1) is 0 Å². The van der Waals surface area contributed by atoms with Gasteiger partial charge in [-0.05, 0) is 30.3 Å². The average molecular weight is 340 g/mol. The number of hydrogen-bond acceptors (Lipinski definition) is 7. The minimum Gasteiger partial charge on any atom is -0.490 e. The van der Waals surface area contributed by atoms with Gasteiger partial charge in [0, 0.05) is 17.2 Å². The Balaban J connectivity index is 1.70. The van der Waals surface area contributed by atoms with Gasteiger partial charge in [-0.3, -0.25) is 15.2 Å². The number of H-pyrrole nitrogens is 1. The third-order valence-corrected chi connectivity index (χ3v) is 3.77. The fourth-order valence-electron chi connectivity index (χ4n) is 2.54. The maximum absolute atomic E-state index is 11.2. The zero-order chi connectivity index (χ0) is 17.4. The van der Waals surface area contributed by atoms with Gasteiger partial charge in [0.15, 0.2) is 28.9 Å². The third-order valence-electron chi connectivity index (χ3n) is 3.77. The van der Waals surface area contributed by atoms with Crippen LogP contribution in [0, 0.1) is 10.1 Å². The first-order valence-electron chi connectivity index (χ1n) is 7.31. The van der Waals surface area contributed by atoms with Gasteiger partial charge in [0.2, 0.25) is 6.79 Å². The Morgan fingerprint density at radius 3 is 2.76 bits per heavy atom. The lowest BCUT2D eigenvalue weighted by atomic mass is 10.1. The number of fused-ring (bicyclic) bond motifs is 1. The molecule has 2 heterocycles. The van der Waals surface area contributed by atoms with Gasteiger partial charge < -0.3 is 14.2 Å². The largest absolute Gasteiger partial charge is 0.490 e. The molecular weight excluding hydrogens is 328 g/mol. The van der Waals surface area contributed by atoms with Gasteiger partial charge in [0.25, 0.3) is 0 Å². The normalized spacial score (nSPS) is 12.2. The first-order chi connectivity index (χ1) is 12.2. The number of rotatable bonds is 4. The van der Waals surface area contributed by atoms with Crippen molar-refractivity contribution >= 4 is 5.69 Å². The molecular formula is C16H12N4O5. The van der Waals surface area contributed by atoms with Crippen LogP contribution >= 0.6 is 0 Å². The van der Waals surface area contributed by atoms with Crippen LogP contribution in [0.15, 0.2) is 36.4 Å². The van der Waals surface area contributed by atoms with Crippen LogP contribution in [0.3, 0.4) is 0 Å². The number of ether oxygens (including phenoxy) is 3. The van der Waals surface area contributed by atoms with Gasteiger partial charge in [0.1, 0.15) is 0 Å². The lowest BCUT2D eigenvalue weighted by molar-refractivity contribution is -0.385. The monoisotopic (exact) mass is 340 g/mol. The molecule has 0 atom stereocenters. The summed E-state index contributed by atoms with van der Waals surface area (Å²) in [6, 6.07) is 9.98. The van der Waals surface area contributed by atoms with E-state index in [0.717, 1.165) is 5.56 Å². The van der Waals surface area contributed by atoms with Crippen LogP contribution in [0.4, 0.5) is 5.69 Å². The highest BCUT2D eigenvalue weighted by atomic mass is 16.7. The molecule has 1 aromatic heterocycles. The predicted molar refractivity (Wildman–Crippen MR) is 86.6 cm³/mol. The first-order valence-corrected chi connectivity index (χ1v) is 7.31. The second kappa shape index (κ2) is 5.78. The number of benzene rings is 2. The molecule has 0 aliphatic carbocycles. The molecule has 1 N–H and O–H groups in total. The molecule has 126 valence electrons. The Kier molecular flexibility index (Phi) is 3.46. The third kappa shape index (κ3) is 2.61. The zero-order valence-electron chi connectivity index (χ0n) is 13.1. The number of hydrogen-bond donors (Lipinski definition) is 1. The van der Waals surface area contributed by atoms with Crippen LogP contribution < -0.4 is 14.2 Å². The fraction of sp³-hybridized carbons (Fsp3) is 0.125.